The van der Waals surface area contributed by atoms with Crippen molar-refractivity contribution in [1.82, 2.24) is 0 Å². The molecule has 0 radical (unpaired) electrons. The summed E-state index contributed by atoms with van der Waals surface area (Å²) in [5, 5.41) is 0. The minimum absolute atomic E-state index is 0.0192. The van der Waals surface area contributed by atoms with Gasteiger partial charge >= 0.3 is 0 Å². The van der Waals surface area contributed by atoms with Crippen molar-refractivity contribution in [2.45, 2.75) is 50.1 Å². The first-order valence-corrected chi connectivity index (χ1v) is 10.7. The molecule has 0 aromatic heterocycles. The Balaban J connectivity index is 1.42. The van der Waals surface area contributed by atoms with Gasteiger partial charge in [0.15, 0.2) is 0 Å². The first-order valence-electron chi connectivity index (χ1n) is 10.7. The molecule has 164 valence electrons. The van der Waals surface area contributed by atoms with Crippen LogP contribution >= 0.6 is 0 Å². The van der Waals surface area contributed by atoms with Crippen LogP contribution in [0.2, 0.25) is 0 Å². The van der Waals surface area contributed by atoms with Gasteiger partial charge in [0.1, 0.15) is 12.2 Å². The molecule has 3 saturated heterocycles. The van der Waals surface area contributed by atoms with E-state index >= 15 is 0 Å². The Kier molecular flexibility index (Phi) is 11.0. The molecule has 0 aliphatic carbocycles. The molecule has 4 atom stereocenters. The standard InChI is InChI=1S/C20H36O8/c1-3-17-19(25-5-1)15-23-9-7-21-8-10-24-16-20-18(4-2-6-26-20)28-14-12-22-11-13-27-17/h17-20H,1-16H2. The molecule has 3 aliphatic heterocycles. The number of hydrogen-bond acceptors (Lipinski definition) is 8. The number of fused-ring (bicyclic) bond motifs is 2. The van der Waals surface area contributed by atoms with Crippen molar-refractivity contribution in [2.24, 2.45) is 0 Å². The van der Waals surface area contributed by atoms with Gasteiger partial charge in [0, 0.05) is 13.2 Å². The van der Waals surface area contributed by atoms with Crippen LogP contribution in [0.25, 0.3) is 0 Å². The Labute approximate surface area is 168 Å². The number of rotatable bonds is 0. The van der Waals surface area contributed by atoms with Crippen molar-refractivity contribution in [3.05, 3.63) is 0 Å². The zero-order valence-corrected chi connectivity index (χ0v) is 16.9. The monoisotopic (exact) mass is 404 g/mol. The van der Waals surface area contributed by atoms with Crippen LogP contribution in [-0.2, 0) is 37.9 Å². The lowest BCUT2D eigenvalue weighted by Gasteiger charge is -2.32. The van der Waals surface area contributed by atoms with Crippen LogP contribution in [0.3, 0.4) is 0 Å². The molecule has 0 N–H and O–H groups in total. The Morgan fingerprint density at radius 3 is 1.25 bits per heavy atom. The maximum absolute atomic E-state index is 5.98. The summed E-state index contributed by atoms with van der Waals surface area (Å²) < 4.78 is 46.3. The molecule has 0 aromatic carbocycles. The summed E-state index contributed by atoms with van der Waals surface area (Å²) in [6.45, 7) is 6.95. The van der Waals surface area contributed by atoms with Gasteiger partial charge in [-0.05, 0) is 25.7 Å². The predicted octanol–water partition coefficient (Wildman–Crippen LogP) is 1.19. The molecule has 0 amide bonds. The first kappa shape index (κ1) is 22.4. The minimum Gasteiger partial charge on any atom is -0.377 e. The molecular formula is C20H36O8. The quantitative estimate of drug-likeness (QED) is 0.596. The molecule has 4 unspecified atom stereocenters. The second-order valence-corrected chi connectivity index (χ2v) is 7.30. The number of ether oxygens (including phenoxy) is 8. The van der Waals surface area contributed by atoms with E-state index in [0.29, 0.717) is 66.1 Å². The Bertz CT molecular complexity index is 362. The minimum atomic E-state index is -0.0192. The molecular weight excluding hydrogens is 368 g/mol. The number of hydrogen-bond donors (Lipinski definition) is 0. The zero-order valence-electron chi connectivity index (χ0n) is 16.9. The van der Waals surface area contributed by atoms with Crippen molar-refractivity contribution in [2.75, 3.05) is 79.3 Å². The van der Waals surface area contributed by atoms with Crippen molar-refractivity contribution in [3.63, 3.8) is 0 Å². The topological polar surface area (TPSA) is 73.8 Å². The van der Waals surface area contributed by atoms with E-state index in [1.165, 1.54) is 0 Å². The molecule has 8 heteroatoms. The van der Waals surface area contributed by atoms with Crippen LogP contribution in [0.4, 0.5) is 0 Å². The van der Waals surface area contributed by atoms with Crippen molar-refractivity contribution < 1.29 is 37.9 Å². The van der Waals surface area contributed by atoms with Gasteiger partial charge in [-0.2, -0.15) is 0 Å². The van der Waals surface area contributed by atoms with E-state index < -0.39 is 0 Å². The van der Waals surface area contributed by atoms with Gasteiger partial charge in [0.2, 0.25) is 0 Å². The van der Waals surface area contributed by atoms with Crippen LogP contribution in [0.5, 0.6) is 0 Å². The van der Waals surface area contributed by atoms with E-state index in [2.05, 4.69) is 0 Å². The molecule has 0 saturated carbocycles. The van der Waals surface area contributed by atoms with E-state index in [1.807, 2.05) is 0 Å². The lowest BCUT2D eigenvalue weighted by Crippen LogP contribution is -2.41. The third kappa shape index (κ3) is 8.20. The van der Waals surface area contributed by atoms with E-state index in [1.54, 1.807) is 0 Å². The summed E-state index contributed by atoms with van der Waals surface area (Å²) in [4.78, 5) is 0. The van der Waals surface area contributed by atoms with Crippen molar-refractivity contribution >= 4 is 0 Å². The smallest absolute Gasteiger partial charge is 0.107 e. The van der Waals surface area contributed by atoms with E-state index in [4.69, 9.17) is 37.9 Å². The Morgan fingerprint density at radius 1 is 0.357 bits per heavy atom. The third-order valence-corrected chi connectivity index (χ3v) is 5.19. The molecule has 0 spiro atoms. The van der Waals surface area contributed by atoms with Crippen LogP contribution < -0.4 is 0 Å². The Hall–Kier alpha value is -0.320. The predicted molar refractivity (Wildman–Crippen MR) is 101 cm³/mol. The fourth-order valence-corrected chi connectivity index (χ4v) is 3.67. The Morgan fingerprint density at radius 2 is 0.750 bits per heavy atom. The fourth-order valence-electron chi connectivity index (χ4n) is 3.67. The SMILES string of the molecule is C1COC2COCCOCCOCC3OCCCC3OCCOCCOC2C1. The van der Waals surface area contributed by atoms with Gasteiger partial charge < -0.3 is 37.9 Å². The van der Waals surface area contributed by atoms with Crippen molar-refractivity contribution in [3.8, 4) is 0 Å². The lowest BCUT2D eigenvalue weighted by atomic mass is 10.1. The lowest BCUT2D eigenvalue weighted by molar-refractivity contribution is -0.149. The van der Waals surface area contributed by atoms with Gasteiger partial charge in [-0.1, -0.05) is 0 Å². The first-order chi connectivity index (χ1) is 13.9. The molecule has 3 fully saturated rings. The zero-order chi connectivity index (χ0) is 19.3. The summed E-state index contributed by atoms with van der Waals surface area (Å²) in [6.07, 6.45) is 4.11. The van der Waals surface area contributed by atoms with Crippen LogP contribution in [0, 0.1) is 0 Å². The van der Waals surface area contributed by atoms with E-state index in [0.717, 1.165) is 38.9 Å². The van der Waals surface area contributed by atoms with Crippen LogP contribution in [0.15, 0.2) is 0 Å². The molecule has 3 heterocycles. The van der Waals surface area contributed by atoms with Gasteiger partial charge in [0.25, 0.3) is 0 Å². The highest BCUT2D eigenvalue weighted by Crippen LogP contribution is 2.19. The summed E-state index contributed by atoms with van der Waals surface area (Å²) >= 11 is 0. The van der Waals surface area contributed by atoms with Gasteiger partial charge in [0.05, 0.1) is 78.3 Å². The molecule has 8 nitrogen and oxygen atoms in total. The highest BCUT2D eigenvalue weighted by atomic mass is 16.6. The largest absolute Gasteiger partial charge is 0.377 e. The molecule has 0 bridgehead atoms. The maximum Gasteiger partial charge on any atom is 0.107 e. The average molecular weight is 405 g/mol. The molecule has 3 aliphatic rings. The van der Waals surface area contributed by atoms with E-state index in [9.17, 15) is 0 Å². The molecule has 28 heavy (non-hydrogen) atoms. The molecule has 0 aromatic rings. The average Bonchev–Trinajstić information content (AvgIpc) is 2.73. The second-order valence-electron chi connectivity index (χ2n) is 7.30. The molecule has 3 rings (SSSR count). The van der Waals surface area contributed by atoms with Crippen LogP contribution in [0.1, 0.15) is 25.7 Å². The van der Waals surface area contributed by atoms with Crippen molar-refractivity contribution in [1.29, 1.82) is 0 Å². The highest BCUT2D eigenvalue weighted by molar-refractivity contribution is 4.76. The fraction of sp³-hybridized carbons (Fsp3) is 1.00. The summed E-state index contributed by atoms with van der Waals surface area (Å²) in [5.41, 5.74) is 0. The van der Waals surface area contributed by atoms with Gasteiger partial charge in [-0.3, -0.25) is 0 Å². The van der Waals surface area contributed by atoms with Gasteiger partial charge in [-0.25, -0.2) is 0 Å². The highest BCUT2D eigenvalue weighted by Gasteiger charge is 2.28. The maximum atomic E-state index is 5.98. The van der Waals surface area contributed by atoms with E-state index in [-0.39, 0.29) is 24.4 Å². The van der Waals surface area contributed by atoms with Crippen LogP contribution in [-0.4, -0.2) is 104 Å². The third-order valence-electron chi connectivity index (χ3n) is 5.19. The van der Waals surface area contributed by atoms with Gasteiger partial charge in [-0.15, -0.1) is 0 Å². The second kappa shape index (κ2) is 13.8. The summed E-state index contributed by atoms with van der Waals surface area (Å²) in [5.74, 6) is 0. The summed E-state index contributed by atoms with van der Waals surface area (Å²) in [6, 6.07) is 0. The normalized spacial score (nSPS) is 36.0. The summed E-state index contributed by atoms with van der Waals surface area (Å²) in [7, 11) is 0.